The number of aromatic nitrogens is 2. The number of aromatic amines is 1. The van der Waals surface area contributed by atoms with E-state index in [1.807, 2.05) is 18.2 Å². The first-order chi connectivity index (χ1) is 8.67. The highest BCUT2D eigenvalue weighted by Crippen LogP contribution is 2.34. The summed E-state index contributed by atoms with van der Waals surface area (Å²) in [6.45, 7) is 0.429. The number of imidazole rings is 1. The lowest BCUT2D eigenvalue weighted by molar-refractivity contribution is 0.550. The molecule has 0 radical (unpaired) electrons. The molecule has 3 rings (SSSR count). The fourth-order valence-electron chi connectivity index (χ4n) is 2.22. The minimum absolute atomic E-state index is 0.107. The zero-order chi connectivity index (χ0) is 12.6. The molecular weight excluding hydrogens is 250 g/mol. The summed E-state index contributed by atoms with van der Waals surface area (Å²) >= 11 is 0. The lowest BCUT2D eigenvalue weighted by Gasteiger charge is -2.29. The van der Waals surface area contributed by atoms with E-state index in [0.717, 1.165) is 6.42 Å². The Kier molecular flexibility index (Phi) is 2.68. The maximum Gasteiger partial charge on any atom is 0.257 e. The van der Waals surface area contributed by atoms with Crippen LogP contribution in [0, 0.1) is 0 Å². The van der Waals surface area contributed by atoms with Gasteiger partial charge < -0.3 is 4.98 Å². The average Bonchev–Trinajstić information content (AvgIpc) is 2.84. The van der Waals surface area contributed by atoms with Crippen LogP contribution >= 0.6 is 0 Å². The first-order valence-electron chi connectivity index (χ1n) is 5.72. The van der Waals surface area contributed by atoms with Crippen molar-refractivity contribution in [1.82, 2.24) is 14.7 Å². The van der Waals surface area contributed by atoms with Gasteiger partial charge in [-0.1, -0.05) is 24.3 Å². The number of hydrogen-bond donors (Lipinski definition) is 2. The van der Waals surface area contributed by atoms with Crippen molar-refractivity contribution < 1.29 is 8.42 Å². The van der Waals surface area contributed by atoms with Crippen LogP contribution in [0.2, 0.25) is 0 Å². The molecule has 0 bridgehead atoms. The third-order valence-electron chi connectivity index (χ3n) is 3.24. The minimum atomic E-state index is -3.46. The third kappa shape index (κ3) is 1.93. The van der Waals surface area contributed by atoms with Crippen molar-refractivity contribution in [3.63, 3.8) is 0 Å². The van der Waals surface area contributed by atoms with E-state index in [2.05, 4.69) is 20.8 Å². The fraction of sp³-hybridized carbons (Fsp3) is 0.250. The molecule has 2 N–H and O–H groups in total. The van der Waals surface area contributed by atoms with Crippen LogP contribution < -0.4 is 4.72 Å². The molecule has 1 aliphatic rings. The molecule has 0 fully saturated rings. The highest BCUT2D eigenvalue weighted by atomic mass is 32.2. The van der Waals surface area contributed by atoms with Crippen LogP contribution in [0.1, 0.15) is 17.0 Å². The normalized spacial score (nSPS) is 18.1. The summed E-state index contributed by atoms with van der Waals surface area (Å²) in [6.07, 6.45) is 3.59. The van der Waals surface area contributed by atoms with Crippen LogP contribution in [0.15, 0.2) is 41.8 Å². The van der Waals surface area contributed by atoms with Crippen LogP contribution in [0.25, 0.3) is 0 Å². The number of fused-ring (bicyclic) bond motifs is 1. The molecule has 0 spiro atoms. The van der Waals surface area contributed by atoms with Crippen LogP contribution in [0.4, 0.5) is 0 Å². The van der Waals surface area contributed by atoms with Gasteiger partial charge in [-0.15, -0.1) is 0 Å². The molecule has 0 saturated heterocycles. The van der Waals surface area contributed by atoms with Crippen LogP contribution in [0.3, 0.4) is 0 Å². The maximum absolute atomic E-state index is 11.9. The van der Waals surface area contributed by atoms with Gasteiger partial charge >= 0.3 is 0 Å². The van der Waals surface area contributed by atoms with Gasteiger partial charge in [-0.05, 0) is 17.5 Å². The molecule has 2 aromatic rings. The molecule has 1 aromatic carbocycles. The van der Waals surface area contributed by atoms with Gasteiger partial charge in [0.25, 0.3) is 10.0 Å². The van der Waals surface area contributed by atoms with E-state index in [-0.39, 0.29) is 10.9 Å². The summed E-state index contributed by atoms with van der Waals surface area (Å²) in [4.78, 5) is 6.31. The Morgan fingerprint density at radius 1 is 1.39 bits per heavy atom. The smallest absolute Gasteiger partial charge is 0.257 e. The average molecular weight is 263 g/mol. The number of benzene rings is 1. The van der Waals surface area contributed by atoms with Gasteiger partial charge in [0, 0.05) is 12.5 Å². The molecule has 0 aliphatic heterocycles. The Bertz CT molecular complexity index is 650. The predicted octanol–water partition coefficient (Wildman–Crippen LogP) is 1.03. The summed E-state index contributed by atoms with van der Waals surface area (Å²) < 4.78 is 26.3. The standard InChI is InChI=1S/C12H13N3O2S/c16-18(17,12-7-13-8-14-12)15-6-10-5-9-3-1-2-4-11(9)10/h1-4,7-8,10,15H,5-6H2,(H,13,14). The van der Waals surface area contributed by atoms with Crippen molar-refractivity contribution in [2.45, 2.75) is 17.4 Å². The Morgan fingerprint density at radius 3 is 2.94 bits per heavy atom. The van der Waals surface area contributed by atoms with Gasteiger partial charge in [0.1, 0.15) is 0 Å². The quantitative estimate of drug-likeness (QED) is 0.865. The molecule has 5 nitrogen and oxygen atoms in total. The van der Waals surface area contributed by atoms with E-state index >= 15 is 0 Å². The topological polar surface area (TPSA) is 74.8 Å². The number of nitrogens with one attached hydrogen (secondary N) is 2. The molecule has 1 aliphatic carbocycles. The number of nitrogens with zero attached hydrogens (tertiary/aromatic N) is 1. The summed E-state index contributed by atoms with van der Waals surface area (Å²) in [6, 6.07) is 8.11. The summed E-state index contributed by atoms with van der Waals surface area (Å²) in [7, 11) is -3.46. The minimum Gasteiger partial charge on any atom is -0.335 e. The highest BCUT2D eigenvalue weighted by Gasteiger charge is 2.27. The number of sulfonamides is 1. The lowest BCUT2D eigenvalue weighted by atomic mass is 9.78. The highest BCUT2D eigenvalue weighted by molar-refractivity contribution is 7.89. The molecule has 1 unspecified atom stereocenters. The summed E-state index contributed by atoms with van der Waals surface area (Å²) in [5.74, 6) is 0.277. The van der Waals surface area contributed by atoms with Gasteiger partial charge in [-0.25, -0.2) is 18.1 Å². The van der Waals surface area contributed by atoms with Crippen molar-refractivity contribution in [2.75, 3.05) is 6.54 Å². The number of rotatable bonds is 4. The molecule has 1 atom stereocenters. The van der Waals surface area contributed by atoms with Crippen molar-refractivity contribution in [1.29, 1.82) is 0 Å². The predicted molar refractivity (Wildman–Crippen MR) is 66.7 cm³/mol. The second kappa shape index (κ2) is 4.22. The fourth-order valence-corrected chi connectivity index (χ4v) is 3.21. The van der Waals surface area contributed by atoms with E-state index in [1.165, 1.54) is 23.7 Å². The SMILES string of the molecule is O=S(=O)(NCC1Cc2ccccc21)c1cnc[nH]1. The number of H-pyrrole nitrogens is 1. The van der Waals surface area contributed by atoms with Crippen LogP contribution in [-0.4, -0.2) is 24.9 Å². The van der Waals surface area contributed by atoms with Gasteiger partial charge in [0.15, 0.2) is 5.03 Å². The molecule has 18 heavy (non-hydrogen) atoms. The van der Waals surface area contributed by atoms with Crippen LogP contribution in [0.5, 0.6) is 0 Å². The van der Waals surface area contributed by atoms with Gasteiger partial charge in [-0.3, -0.25) is 0 Å². The largest absolute Gasteiger partial charge is 0.335 e. The first kappa shape index (κ1) is 11.4. The Labute approximate surface area is 105 Å². The number of hydrogen-bond acceptors (Lipinski definition) is 3. The zero-order valence-electron chi connectivity index (χ0n) is 9.63. The second-order valence-electron chi connectivity index (χ2n) is 4.37. The Balaban J connectivity index is 1.68. The molecule has 1 aromatic heterocycles. The van der Waals surface area contributed by atoms with E-state index in [1.54, 1.807) is 0 Å². The Morgan fingerprint density at radius 2 is 2.22 bits per heavy atom. The molecule has 94 valence electrons. The first-order valence-corrected chi connectivity index (χ1v) is 7.21. The van der Waals surface area contributed by atoms with Gasteiger partial charge in [0.05, 0.1) is 12.5 Å². The van der Waals surface area contributed by atoms with Crippen LogP contribution in [-0.2, 0) is 16.4 Å². The van der Waals surface area contributed by atoms with Gasteiger partial charge in [0.2, 0.25) is 0 Å². The van der Waals surface area contributed by atoms with E-state index in [9.17, 15) is 8.42 Å². The molecular formula is C12H13N3O2S. The Hall–Kier alpha value is -1.66. The lowest BCUT2D eigenvalue weighted by Crippen LogP contribution is -2.33. The molecule has 0 saturated carbocycles. The molecule has 1 heterocycles. The summed E-state index contributed by atoms with van der Waals surface area (Å²) in [5.41, 5.74) is 2.55. The molecule has 0 amide bonds. The van der Waals surface area contributed by atoms with Crippen molar-refractivity contribution in [3.05, 3.63) is 47.9 Å². The van der Waals surface area contributed by atoms with Crippen molar-refractivity contribution in [3.8, 4) is 0 Å². The zero-order valence-corrected chi connectivity index (χ0v) is 10.4. The third-order valence-corrected chi connectivity index (χ3v) is 4.59. The summed E-state index contributed by atoms with van der Waals surface area (Å²) in [5, 5.41) is 0.107. The molecule has 6 heteroatoms. The maximum atomic E-state index is 11.9. The van der Waals surface area contributed by atoms with Gasteiger partial charge in [-0.2, -0.15) is 0 Å². The second-order valence-corrected chi connectivity index (χ2v) is 6.10. The van der Waals surface area contributed by atoms with E-state index < -0.39 is 10.0 Å². The van der Waals surface area contributed by atoms with E-state index in [0.29, 0.717) is 6.54 Å². The van der Waals surface area contributed by atoms with Crippen molar-refractivity contribution in [2.24, 2.45) is 0 Å². The monoisotopic (exact) mass is 263 g/mol. The van der Waals surface area contributed by atoms with Crippen molar-refractivity contribution >= 4 is 10.0 Å². The van der Waals surface area contributed by atoms with E-state index in [4.69, 9.17) is 0 Å².